The lowest BCUT2D eigenvalue weighted by molar-refractivity contribution is -0.360. The van der Waals surface area contributed by atoms with Crippen LogP contribution in [0.5, 0.6) is 6.01 Å². The van der Waals surface area contributed by atoms with Crippen molar-refractivity contribution in [2.45, 2.75) is 249 Å². The summed E-state index contributed by atoms with van der Waals surface area (Å²) in [5.41, 5.74) is -7.50. The predicted octanol–water partition coefficient (Wildman–Crippen LogP) is 7.09. The molecule has 5 aliphatic heterocycles. The first-order valence-corrected chi connectivity index (χ1v) is 21.4. The number of hydrogen-bond donors (Lipinski definition) is 2. The standard InChI is InChI=1S/C42H73N10O6/c1-33(2)17-27(19-41(51(33)56)23-37(9,10)49(54)38(11,12)24-41)43-30-45-31(47-32(46-30)58-29-21-35(5,6)48(53)36(7,8)22-29)44-28-18-34(3,4)52(57)42(20-28)25-39(13,14)50(55)40(15,16)26-42/h27-29H,17-26H2,1-16H3,(H2,43,44,45,46,47). The predicted molar refractivity (Wildman–Crippen MR) is 216 cm³/mol. The molecule has 0 aliphatic carbocycles. The van der Waals surface area contributed by atoms with E-state index < -0.39 is 55.4 Å². The van der Waals surface area contributed by atoms with Crippen LogP contribution >= 0.6 is 0 Å². The van der Waals surface area contributed by atoms with E-state index in [0.29, 0.717) is 76.1 Å². The molecule has 2 atom stereocenters. The Hall–Kier alpha value is -1.99. The maximum atomic E-state index is 14.3. The van der Waals surface area contributed by atoms with E-state index in [-0.39, 0.29) is 24.2 Å². The van der Waals surface area contributed by atoms with Crippen molar-refractivity contribution in [1.29, 1.82) is 0 Å². The highest BCUT2D eigenvalue weighted by Gasteiger charge is 2.63. The summed E-state index contributed by atoms with van der Waals surface area (Å²) in [4.78, 5) is 14.6. The first-order chi connectivity index (χ1) is 26.1. The number of hydroxylamine groups is 10. The lowest BCUT2D eigenvalue weighted by Crippen LogP contribution is -2.73. The van der Waals surface area contributed by atoms with E-state index >= 15 is 0 Å². The van der Waals surface area contributed by atoms with Crippen molar-refractivity contribution in [2.75, 3.05) is 10.6 Å². The average molecular weight is 814 g/mol. The molecule has 5 aliphatic rings. The zero-order valence-corrected chi connectivity index (χ0v) is 38.3. The van der Waals surface area contributed by atoms with E-state index in [0.717, 1.165) is 15.2 Å². The molecule has 327 valence electrons. The van der Waals surface area contributed by atoms with Gasteiger partial charge in [-0.2, -0.15) is 15.0 Å². The molecule has 16 heteroatoms. The Bertz CT molecular complexity index is 1550. The quantitative estimate of drug-likeness (QED) is 0.298. The first kappa shape index (κ1) is 45.5. The highest BCUT2D eigenvalue weighted by Crippen LogP contribution is 2.54. The van der Waals surface area contributed by atoms with Crippen LogP contribution in [0.2, 0.25) is 0 Å². The minimum absolute atomic E-state index is 0.116. The van der Waals surface area contributed by atoms with Crippen LogP contribution in [0.1, 0.15) is 175 Å². The van der Waals surface area contributed by atoms with Gasteiger partial charge in [-0.05, 0) is 162 Å². The average Bonchev–Trinajstić information content (AvgIpc) is 3.01. The topological polar surface area (TPSA) is 188 Å². The Morgan fingerprint density at radius 2 is 0.707 bits per heavy atom. The van der Waals surface area contributed by atoms with Gasteiger partial charge in [0.2, 0.25) is 11.9 Å². The summed E-state index contributed by atoms with van der Waals surface area (Å²) in [6, 6.07) is -0.324. The third-order valence-electron chi connectivity index (χ3n) is 14.1. The van der Waals surface area contributed by atoms with Crippen LogP contribution in [0.4, 0.5) is 11.9 Å². The van der Waals surface area contributed by atoms with Gasteiger partial charge >= 0.3 is 6.01 Å². The van der Waals surface area contributed by atoms with Crippen LogP contribution in [0.15, 0.2) is 0 Å². The van der Waals surface area contributed by atoms with Gasteiger partial charge in [0.05, 0.1) is 11.1 Å². The summed E-state index contributed by atoms with van der Waals surface area (Å²) in [5.74, 6) is 0.582. The highest BCUT2D eigenvalue weighted by atomic mass is 16.5. The molecule has 5 fully saturated rings. The van der Waals surface area contributed by atoms with Gasteiger partial charge in [-0.15, -0.1) is 51.4 Å². The molecular formula is C42H73N10O6. The van der Waals surface area contributed by atoms with Crippen molar-refractivity contribution in [3.63, 3.8) is 0 Å². The SMILES string of the molecule is CC1(C)CC(Oc2nc(NC3CC(C)(C)N([O])C4(C3)CC(C)(C)N([O])C(C)(C)C4)nc(NC3CC(C)(C)N([O])C4(C3)CC(C)(C)N([O])C(C)(C)C4)n2)CC(C)(C)N1[O]. The Labute approximate surface area is 347 Å². The van der Waals surface area contributed by atoms with E-state index in [9.17, 15) is 26.0 Å². The second-order valence-electron chi connectivity index (χ2n) is 24.0. The van der Waals surface area contributed by atoms with Crippen molar-refractivity contribution < 1.29 is 30.8 Å². The van der Waals surface area contributed by atoms with Gasteiger partial charge in [-0.3, -0.25) is 0 Å². The fraction of sp³-hybridized carbons (Fsp3) is 0.929. The van der Waals surface area contributed by atoms with Crippen LogP contribution in [0.3, 0.4) is 0 Å². The highest BCUT2D eigenvalue weighted by molar-refractivity contribution is 5.39. The number of rotatable bonds is 6. The number of aromatic nitrogens is 3. The third kappa shape index (κ3) is 8.20. The zero-order chi connectivity index (χ0) is 43.7. The largest absolute Gasteiger partial charge is 0.460 e. The lowest BCUT2D eigenvalue weighted by Gasteiger charge is -2.62. The van der Waals surface area contributed by atoms with Crippen molar-refractivity contribution in [3.8, 4) is 6.01 Å². The monoisotopic (exact) mass is 814 g/mol. The van der Waals surface area contributed by atoms with Gasteiger partial charge in [0.15, 0.2) is 0 Å². The number of anilines is 2. The van der Waals surface area contributed by atoms with E-state index in [1.165, 1.54) is 10.1 Å². The third-order valence-corrected chi connectivity index (χ3v) is 14.1. The second kappa shape index (κ2) is 14.0. The molecular weight excluding hydrogens is 741 g/mol. The minimum atomic E-state index is -0.808. The molecule has 1 aromatic rings. The van der Waals surface area contributed by atoms with Crippen LogP contribution in [-0.4, -0.2) is 114 Å². The number of piperidine rings is 5. The number of hydrogen-bond acceptors (Lipinski definition) is 11. The van der Waals surface area contributed by atoms with Gasteiger partial charge in [0.25, 0.3) is 0 Å². The molecule has 2 N–H and O–H groups in total. The van der Waals surface area contributed by atoms with Crippen LogP contribution in [0, 0.1) is 0 Å². The Morgan fingerprint density at radius 1 is 0.414 bits per heavy atom. The van der Waals surface area contributed by atoms with Crippen LogP contribution in [0.25, 0.3) is 0 Å². The molecule has 5 radical (unpaired) electrons. The van der Waals surface area contributed by atoms with Crippen molar-refractivity contribution in [2.24, 2.45) is 0 Å². The van der Waals surface area contributed by atoms with Gasteiger partial charge in [-0.25, -0.2) is 0 Å². The molecule has 0 bridgehead atoms. The number of ether oxygens (including phenoxy) is 1. The molecule has 2 spiro atoms. The summed E-state index contributed by atoms with van der Waals surface area (Å²) in [6.07, 6.45) is 4.22. The van der Waals surface area contributed by atoms with Gasteiger partial charge < -0.3 is 15.4 Å². The normalized spacial score (nSPS) is 32.8. The fourth-order valence-corrected chi connectivity index (χ4v) is 13.2. The van der Waals surface area contributed by atoms with Crippen molar-refractivity contribution in [1.82, 2.24) is 40.3 Å². The van der Waals surface area contributed by atoms with E-state index in [4.69, 9.17) is 19.7 Å². The Morgan fingerprint density at radius 3 is 1.03 bits per heavy atom. The molecule has 1 aromatic heterocycles. The summed E-state index contributed by atoms with van der Waals surface area (Å²) >= 11 is 0. The molecule has 0 saturated carbocycles. The maximum absolute atomic E-state index is 14.3. The van der Waals surface area contributed by atoms with Crippen molar-refractivity contribution in [3.05, 3.63) is 0 Å². The summed E-state index contributed by atoms with van der Waals surface area (Å²) in [6.45, 7) is 30.9. The Balaban J connectivity index is 1.35. The molecule has 0 aromatic carbocycles. The minimum Gasteiger partial charge on any atom is -0.460 e. The van der Waals surface area contributed by atoms with E-state index in [1.54, 1.807) is 0 Å². The zero-order valence-electron chi connectivity index (χ0n) is 38.3. The summed E-state index contributed by atoms with van der Waals surface area (Å²) in [7, 11) is 0. The molecule has 5 saturated heterocycles. The van der Waals surface area contributed by atoms with Crippen LogP contribution in [-0.2, 0) is 26.0 Å². The molecule has 0 amide bonds. The second-order valence-corrected chi connectivity index (χ2v) is 24.0. The Kier molecular flexibility index (Phi) is 11.0. The number of nitrogens with one attached hydrogen (secondary N) is 2. The molecule has 2 unspecified atom stereocenters. The maximum Gasteiger partial charge on any atom is 0.323 e. The molecule has 16 nitrogen and oxygen atoms in total. The van der Waals surface area contributed by atoms with Gasteiger partial charge in [-0.1, -0.05) is 0 Å². The van der Waals surface area contributed by atoms with Gasteiger partial charge in [0.1, 0.15) is 6.10 Å². The van der Waals surface area contributed by atoms with Gasteiger partial charge in [0, 0.05) is 69.2 Å². The van der Waals surface area contributed by atoms with E-state index in [1.807, 2.05) is 111 Å². The molecule has 6 heterocycles. The van der Waals surface area contributed by atoms with E-state index in [2.05, 4.69) is 10.6 Å². The lowest BCUT2D eigenvalue weighted by atomic mass is 9.63. The molecule has 6 rings (SSSR count). The molecule has 58 heavy (non-hydrogen) atoms. The van der Waals surface area contributed by atoms with Crippen LogP contribution < -0.4 is 15.4 Å². The first-order valence-electron chi connectivity index (χ1n) is 21.4. The fourth-order valence-electron chi connectivity index (χ4n) is 13.2. The summed E-state index contributed by atoms with van der Waals surface area (Å²) < 4.78 is 6.60. The summed E-state index contributed by atoms with van der Waals surface area (Å²) in [5, 5.41) is 81.9. The van der Waals surface area contributed by atoms with Crippen molar-refractivity contribution >= 4 is 11.9 Å². The smallest absolute Gasteiger partial charge is 0.323 e. The number of nitrogens with zero attached hydrogens (tertiary/aromatic N) is 8.